The van der Waals surface area contributed by atoms with Crippen LogP contribution >= 0.6 is 7.75 Å². The lowest BCUT2D eigenvalue weighted by molar-refractivity contribution is -0.144. The van der Waals surface area contributed by atoms with Gasteiger partial charge in [0.2, 0.25) is 34.8 Å². The largest absolute Gasteiger partial charge is 0.513 e. The van der Waals surface area contributed by atoms with Crippen LogP contribution in [0.5, 0.6) is 11.5 Å². The molecule has 2 aromatic carbocycles. The van der Waals surface area contributed by atoms with Crippen LogP contribution < -0.4 is 14.1 Å². The molecule has 0 aliphatic carbocycles. The molecular formula is C21H23F5NO5P. The molecule has 6 nitrogen and oxygen atoms in total. The Hall–Kier alpha value is -2.65. The van der Waals surface area contributed by atoms with Crippen LogP contribution in [-0.2, 0) is 19.5 Å². The van der Waals surface area contributed by atoms with E-state index in [1.54, 1.807) is 12.1 Å². The highest BCUT2D eigenvalue weighted by Crippen LogP contribution is 2.47. The van der Waals surface area contributed by atoms with Crippen molar-refractivity contribution in [1.82, 2.24) is 5.09 Å². The molecule has 2 atom stereocenters. The smallest absolute Gasteiger partial charge is 0.465 e. The van der Waals surface area contributed by atoms with E-state index in [4.69, 9.17) is 13.8 Å². The number of rotatable bonds is 8. The summed E-state index contributed by atoms with van der Waals surface area (Å²) in [6, 6.07) is 4.57. The van der Waals surface area contributed by atoms with Crippen molar-refractivity contribution in [1.29, 1.82) is 0 Å². The third-order valence-corrected chi connectivity index (χ3v) is 5.90. The number of hydrogen-bond acceptors (Lipinski definition) is 5. The van der Waals surface area contributed by atoms with E-state index < -0.39 is 54.6 Å². The Balaban J connectivity index is 2.48. The maximum atomic E-state index is 14.1. The summed E-state index contributed by atoms with van der Waals surface area (Å²) in [5.41, 5.74) is 0.614. The zero-order chi connectivity index (χ0) is 25.1. The van der Waals surface area contributed by atoms with Gasteiger partial charge >= 0.3 is 13.7 Å². The highest BCUT2D eigenvalue weighted by atomic mass is 31.2. The Labute approximate surface area is 187 Å². The van der Waals surface area contributed by atoms with Gasteiger partial charge in [-0.1, -0.05) is 32.9 Å². The van der Waals surface area contributed by atoms with E-state index in [-0.39, 0.29) is 17.8 Å². The minimum Gasteiger partial charge on any atom is -0.465 e. The van der Waals surface area contributed by atoms with Gasteiger partial charge in [0.15, 0.2) is 0 Å². The van der Waals surface area contributed by atoms with Crippen molar-refractivity contribution >= 4 is 13.7 Å². The van der Waals surface area contributed by atoms with Crippen LogP contribution in [0.25, 0.3) is 0 Å². The molecule has 33 heavy (non-hydrogen) atoms. The van der Waals surface area contributed by atoms with Gasteiger partial charge in [0.05, 0.1) is 6.61 Å². The molecule has 0 aliphatic rings. The van der Waals surface area contributed by atoms with E-state index in [0.717, 1.165) is 5.56 Å². The van der Waals surface area contributed by atoms with Gasteiger partial charge in [0, 0.05) is 0 Å². The molecule has 0 amide bonds. The molecule has 2 aromatic rings. The predicted molar refractivity (Wildman–Crippen MR) is 109 cm³/mol. The fraction of sp³-hybridized carbons (Fsp3) is 0.381. The van der Waals surface area contributed by atoms with E-state index >= 15 is 0 Å². The molecule has 0 bridgehead atoms. The van der Waals surface area contributed by atoms with Crippen LogP contribution in [0, 0.1) is 29.1 Å². The number of ether oxygens (including phenoxy) is 1. The molecular weight excluding hydrogens is 472 g/mol. The standard InChI is InChI=1S/C21H23F5NO5P/c1-6-30-20(28)11(2)27-33(29,31-13-9-7-12(8-10-13)21(3,4)5)32-19-17(25)15(23)14(22)16(24)18(19)26/h7-11H,6H2,1-5H3,(H,27,29)/t11-,33?/m0/s1. The molecule has 12 heteroatoms. The van der Waals surface area contributed by atoms with E-state index in [0.29, 0.717) is 0 Å². The van der Waals surface area contributed by atoms with Gasteiger partial charge in [-0.3, -0.25) is 4.79 Å². The first-order valence-corrected chi connectivity index (χ1v) is 11.3. The summed E-state index contributed by atoms with van der Waals surface area (Å²) >= 11 is 0. The minimum atomic E-state index is -4.95. The molecule has 1 N–H and O–H groups in total. The van der Waals surface area contributed by atoms with Gasteiger partial charge in [-0.2, -0.15) is 13.9 Å². The molecule has 182 valence electrons. The SMILES string of the molecule is CCOC(=O)[C@H](C)NP(=O)(Oc1ccc(C(C)(C)C)cc1)Oc1c(F)c(F)c(F)c(F)c1F. The van der Waals surface area contributed by atoms with Gasteiger partial charge in [-0.25, -0.2) is 17.7 Å². The first kappa shape index (κ1) is 26.6. The van der Waals surface area contributed by atoms with Gasteiger partial charge in [-0.15, -0.1) is 0 Å². The molecule has 0 fully saturated rings. The molecule has 0 spiro atoms. The Bertz CT molecular complexity index is 1040. The van der Waals surface area contributed by atoms with Crippen molar-refractivity contribution in [2.24, 2.45) is 0 Å². The summed E-state index contributed by atoms with van der Waals surface area (Å²) in [7, 11) is -4.95. The summed E-state index contributed by atoms with van der Waals surface area (Å²) in [4.78, 5) is 11.9. The van der Waals surface area contributed by atoms with Crippen molar-refractivity contribution in [2.75, 3.05) is 6.61 Å². The third-order valence-electron chi connectivity index (χ3n) is 4.32. The van der Waals surface area contributed by atoms with Crippen LogP contribution in [0.4, 0.5) is 22.0 Å². The Morgan fingerprint density at radius 2 is 1.42 bits per heavy atom. The lowest BCUT2D eigenvalue weighted by Gasteiger charge is -2.24. The summed E-state index contributed by atoms with van der Waals surface area (Å²) in [5.74, 6) is -14.6. The number of hydrogen-bond donors (Lipinski definition) is 1. The number of carbonyl (C=O) groups excluding carboxylic acids is 1. The van der Waals surface area contributed by atoms with Crippen LogP contribution in [0.3, 0.4) is 0 Å². The number of benzene rings is 2. The predicted octanol–water partition coefficient (Wildman–Crippen LogP) is 5.79. The molecule has 0 saturated carbocycles. The second-order valence-corrected chi connectivity index (χ2v) is 9.57. The zero-order valence-electron chi connectivity index (χ0n) is 18.5. The summed E-state index contributed by atoms with van der Waals surface area (Å²) < 4.78 is 96.8. The Kier molecular flexibility index (Phi) is 8.13. The number of esters is 1. The molecule has 1 unspecified atom stereocenters. The highest BCUT2D eigenvalue weighted by Gasteiger charge is 2.38. The quantitative estimate of drug-likeness (QED) is 0.164. The van der Waals surface area contributed by atoms with Crippen molar-refractivity contribution in [3.05, 3.63) is 58.9 Å². The molecule has 0 aromatic heterocycles. The molecule has 2 rings (SSSR count). The average molecular weight is 495 g/mol. The topological polar surface area (TPSA) is 73.9 Å². The van der Waals surface area contributed by atoms with E-state index in [1.807, 2.05) is 20.8 Å². The van der Waals surface area contributed by atoms with Gasteiger partial charge in [0.1, 0.15) is 11.8 Å². The maximum Gasteiger partial charge on any atom is 0.513 e. The second kappa shape index (κ2) is 10.1. The number of halogens is 5. The summed E-state index contributed by atoms with van der Waals surface area (Å²) in [5, 5.41) is 2.09. The number of carbonyl (C=O) groups is 1. The minimum absolute atomic E-state index is 0.0389. The lowest BCUT2D eigenvalue weighted by Crippen LogP contribution is -2.36. The Morgan fingerprint density at radius 1 is 0.939 bits per heavy atom. The van der Waals surface area contributed by atoms with E-state index in [1.165, 1.54) is 26.0 Å². The molecule has 0 radical (unpaired) electrons. The van der Waals surface area contributed by atoms with Crippen LogP contribution in [0.2, 0.25) is 0 Å². The van der Waals surface area contributed by atoms with E-state index in [2.05, 4.69) is 5.09 Å². The first-order valence-electron chi connectivity index (χ1n) is 9.75. The fourth-order valence-corrected chi connectivity index (χ4v) is 4.09. The second-order valence-electron chi connectivity index (χ2n) is 7.96. The molecule has 0 heterocycles. The van der Waals surface area contributed by atoms with Crippen LogP contribution in [-0.4, -0.2) is 18.6 Å². The van der Waals surface area contributed by atoms with Crippen molar-refractivity contribution in [2.45, 2.75) is 46.1 Å². The first-order chi connectivity index (χ1) is 15.2. The lowest BCUT2D eigenvalue weighted by atomic mass is 9.87. The van der Waals surface area contributed by atoms with Crippen LogP contribution in [0.1, 0.15) is 40.2 Å². The van der Waals surface area contributed by atoms with Crippen molar-refractivity contribution in [3.63, 3.8) is 0 Å². The Morgan fingerprint density at radius 3 is 1.88 bits per heavy atom. The summed E-state index contributed by atoms with van der Waals surface area (Å²) in [6.45, 7) is 8.44. The van der Waals surface area contributed by atoms with Crippen LogP contribution in [0.15, 0.2) is 24.3 Å². The number of nitrogens with one attached hydrogen (secondary N) is 1. The monoisotopic (exact) mass is 495 g/mol. The summed E-state index contributed by atoms with van der Waals surface area (Å²) in [6.07, 6.45) is 0. The average Bonchev–Trinajstić information content (AvgIpc) is 2.74. The normalized spacial score (nSPS) is 14.4. The zero-order valence-corrected chi connectivity index (χ0v) is 19.4. The third kappa shape index (κ3) is 6.23. The fourth-order valence-electron chi connectivity index (χ4n) is 2.57. The maximum absolute atomic E-state index is 14.1. The van der Waals surface area contributed by atoms with Crippen molar-refractivity contribution in [3.8, 4) is 11.5 Å². The van der Waals surface area contributed by atoms with Gasteiger partial charge in [0.25, 0.3) is 0 Å². The van der Waals surface area contributed by atoms with Gasteiger partial charge in [-0.05, 0) is 37.0 Å². The molecule has 0 aliphatic heterocycles. The molecule has 0 saturated heterocycles. The van der Waals surface area contributed by atoms with Crippen molar-refractivity contribution < 1.29 is 45.1 Å². The van der Waals surface area contributed by atoms with E-state index in [9.17, 15) is 31.3 Å². The van der Waals surface area contributed by atoms with Gasteiger partial charge < -0.3 is 13.8 Å². The highest BCUT2D eigenvalue weighted by molar-refractivity contribution is 7.52.